The van der Waals surface area contributed by atoms with Crippen LogP contribution < -0.4 is 0 Å². The highest BCUT2D eigenvalue weighted by Crippen LogP contribution is 2.36. The highest BCUT2D eigenvalue weighted by molar-refractivity contribution is 7.46. The minimum absolute atomic E-state index is 1.62. The maximum Gasteiger partial charge on any atom is 0.507 e. The molecule has 0 fully saturated rings. The molecule has 0 saturated heterocycles. The number of nitrogens with one attached hydrogen (secondary N) is 8. The Hall–Kier alpha value is -6.00. The van der Waals surface area contributed by atoms with E-state index < -0.39 is 31.6 Å². The third-order valence-corrected chi connectivity index (χ3v) is 3.25. The minimum atomic E-state index is -5.14. The number of hydrogen-bond donors (Lipinski definition) is 16. The smallest absolute Gasteiger partial charge is 0.351 e. The van der Waals surface area contributed by atoms with Crippen LogP contribution in [0.2, 0.25) is 0 Å². The van der Waals surface area contributed by atoms with Crippen molar-refractivity contribution in [3.63, 3.8) is 0 Å². The lowest BCUT2D eigenvalue weighted by Gasteiger charge is -1.78. The summed E-state index contributed by atoms with van der Waals surface area (Å²) >= 11 is 0. The van der Waals surface area contributed by atoms with Gasteiger partial charge in [0.25, 0.3) is 0 Å². The molecule has 0 atom stereocenters. The second-order valence-corrected chi connectivity index (χ2v) is 11.8. The fraction of sp³-hybridized carbons (Fsp3) is 0. The van der Waals surface area contributed by atoms with Crippen LogP contribution in [0.5, 0.6) is 0 Å². The van der Waals surface area contributed by atoms with Gasteiger partial charge in [0.15, 0.2) is 0 Å². The molecule has 0 aliphatic carbocycles. The lowest BCUT2D eigenvalue weighted by molar-refractivity contribution is 0.320. The normalized spacial score (nSPS) is 9.27. The summed E-state index contributed by atoms with van der Waals surface area (Å²) in [7, 11) is -20.6. The van der Waals surface area contributed by atoms with Crippen molar-refractivity contribution in [1.29, 1.82) is 0 Å². The molecular formula is C24H40F4N16O12P4. The van der Waals surface area contributed by atoms with Crippen molar-refractivity contribution in [2.75, 3.05) is 0 Å². The molecule has 8 aromatic heterocycles. The Morgan fingerprint density at radius 3 is 0.367 bits per heavy atom. The largest absolute Gasteiger partial charge is 0.507 e. The van der Waals surface area contributed by atoms with E-state index in [9.17, 15) is 16.8 Å². The zero-order valence-corrected chi connectivity index (χ0v) is 33.5. The number of halogens is 4. The van der Waals surface area contributed by atoms with E-state index in [0.29, 0.717) is 0 Å². The standard InChI is InChI=1S/8C3H4N2.4FH2O3P/c8*1-2-5-3-4-1;4*1-5(2,3)4/h8*1-3H,(H,4,5);4*(H2,2,3,4). The molecule has 0 aliphatic rings. The van der Waals surface area contributed by atoms with Gasteiger partial charge in [-0.25, -0.2) is 58.1 Å². The van der Waals surface area contributed by atoms with E-state index >= 15 is 0 Å². The highest BCUT2D eigenvalue weighted by Gasteiger charge is 2.06. The van der Waals surface area contributed by atoms with Gasteiger partial charge in [-0.3, -0.25) is 39.1 Å². The summed E-state index contributed by atoms with van der Waals surface area (Å²) < 4.78 is 76.1. The Morgan fingerprint density at radius 2 is 0.350 bits per heavy atom. The van der Waals surface area contributed by atoms with Crippen LogP contribution in [0.25, 0.3) is 0 Å². The van der Waals surface area contributed by atoms with Crippen LogP contribution in [0.3, 0.4) is 0 Å². The van der Waals surface area contributed by atoms with Crippen molar-refractivity contribution < 1.29 is 74.2 Å². The number of aromatic amines is 8. The van der Waals surface area contributed by atoms with Crippen LogP contribution in [0.4, 0.5) is 16.8 Å². The summed E-state index contributed by atoms with van der Waals surface area (Å²) in [5.41, 5.74) is 0. The number of imidazole rings is 8. The molecule has 0 aromatic carbocycles. The van der Waals surface area contributed by atoms with Gasteiger partial charge in [0.05, 0.1) is 50.6 Å². The van der Waals surface area contributed by atoms with Gasteiger partial charge in [-0.05, 0) is 0 Å². The predicted molar refractivity (Wildman–Crippen MR) is 201 cm³/mol. The fourth-order valence-corrected chi connectivity index (χ4v) is 1.72. The minimum Gasteiger partial charge on any atom is -0.351 e. The van der Waals surface area contributed by atoms with Gasteiger partial charge in [-0.1, -0.05) is 0 Å². The van der Waals surface area contributed by atoms with E-state index in [1.807, 2.05) is 0 Å². The average Bonchev–Trinajstić information content (AvgIpc) is 4.03. The lowest BCUT2D eigenvalue weighted by atomic mass is 11.0. The van der Waals surface area contributed by atoms with Crippen molar-refractivity contribution in [2.45, 2.75) is 0 Å². The van der Waals surface area contributed by atoms with Crippen LogP contribution in [0.15, 0.2) is 150 Å². The van der Waals surface area contributed by atoms with Gasteiger partial charge in [-0.2, -0.15) is 0 Å². The van der Waals surface area contributed by atoms with Crippen LogP contribution in [-0.4, -0.2) is 119 Å². The van der Waals surface area contributed by atoms with Gasteiger partial charge in [0.1, 0.15) is 0 Å². The van der Waals surface area contributed by atoms with Gasteiger partial charge >= 0.3 is 31.6 Å². The first-order chi connectivity index (χ1) is 28.0. The van der Waals surface area contributed by atoms with Crippen molar-refractivity contribution in [2.24, 2.45) is 0 Å². The Labute approximate surface area is 335 Å². The van der Waals surface area contributed by atoms with E-state index in [0.717, 1.165) is 0 Å². The van der Waals surface area contributed by atoms with Crippen molar-refractivity contribution in [1.82, 2.24) is 79.7 Å². The van der Waals surface area contributed by atoms with Crippen LogP contribution in [0, 0.1) is 0 Å². The number of H-pyrrole nitrogens is 8. The first-order valence-electron chi connectivity index (χ1n) is 14.4. The van der Waals surface area contributed by atoms with Gasteiger partial charge in [0, 0.05) is 99.1 Å². The molecule has 0 amide bonds. The quantitative estimate of drug-likeness (QED) is 0.0764. The Kier molecular flexibility index (Phi) is 43.1. The predicted octanol–water partition coefficient (Wildman–Crippen LogP) is 3.47. The summed E-state index contributed by atoms with van der Waals surface area (Å²) in [4.78, 5) is 107. The van der Waals surface area contributed by atoms with Crippen molar-refractivity contribution in [3.8, 4) is 0 Å². The molecule has 0 aliphatic heterocycles. The second kappa shape index (κ2) is 42.6. The zero-order chi connectivity index (χ0) is 46.3. The summed E-state index contributed by atoms with van der Waals surface area (Å²) in [5, 5.41) is 0. The molecular weight excluding hydrogens is 904 g/mol. The SMILES string of the molecule is O=P(O)(O)F.O=P(O)(O)F.O=P(O)(O)F.O=P(O)(O)F.c1c[nH]cn1.c1c[nH]cn1.c1c[nH]cn1.c1c[nH]cn1.c1c[nH]cn1.c1c[nH]cn1.c1c[nH]cn1.c1c[nH]cn1. The third kappa shape index (κ3) is 117. The number of hydrogen-bond acceptors (Lipinski definition) is 12. The van der Waals surface area contributed by atoms with Crippen LogP contribution >= 0.6 is 31.6 Å². The lowest BCUT2D eigenvalue weighted by Crippen LogP contribution is -1.56. The summed E-state index contributed by atoms with van der Waals surface area (Å²) in [6, 6.07) is 0. The van der Waals surface area contributed by atoms with E-state index in [-0.39, 0.29) is 0 Å². The number of rotatable bonds is 0. The summed E-state index contributed by atoms with van der Waals surface area (Å²) in [6.45, 7) is 0. The third-order valence-electron chi connectivity index (χ3n) is 3.25. The number of nitrogens with zero attached hydrogens (tertiary/aromatic N) is 8. The summed E-state index contributed by atoms with van der Waals surface area (Å²) in [5.74, 6) is 0. The van der Waals surface area contributed by atoms with E-state index in [2.05, 4.69) is 79.7 Å². The average molecular weight is 945 g/mol. The van der Waals surface area contributed by atoms with Gasteiger partial charge in [-0.15, -0.1) is 16.8 Å². The molecule has 0 bridgehead atoms. The number of aromatic nitrogens is 16. The molecule has 60 heavy (non-hydrogen) atoms. The maximum absolute atomic E-state index is 10.4. The van der Waals surface area contributed by atoms with Gasteiger partial charge in [0.2, 0.25) is 0 Å². The van der Waals surface area contributed by atoms with Crippen LogP contribution in [-0.2, 0) is 18.3 Å². The fourth-order valence-electron chi connectivity index (χ4n) is 1.72. The first kappa shape index (κ1) is 60.7. The molecule has 16 N–H and O–H groups in total. The molecule has 0 spiro atoms. The highest BCUT2D eigenvalue weighted by atomic mass is 31.2. The maximum atomic E-state index is 10.4. The molecule has 0 radical (unpaired) electrons. The zero-order valence-electron chi connectivity index (χ0n) is 29.9. The van der Waals surface area contributed by atoms with Crippen molar-refractivity contribution >= 4 is 31.6 Å². The van der Waals surface area contributed by atoms with E-state index in [1.165, 1.54) is 0 Å². The first-order valence-corrected chi connectivity index (χ1v) is 20.4. The van der Waals surface area contributed by atoms with Crippen LogP contribution in [0.1, 0.15) is 0 Å². The molecule has 8 rings (SSSR count). The molecule has 36 heteroatoms. The van der Waals surface area contributed by atoms with Crippen molar-refractivity contribution in [3.05, 3.63) is 150 Å². The second-order valence-electron chi connectivity index (χ2n) is 7.98. The topological polar surface area (TPSA) is 460 Å². The molecule has 0 saturated carbocycles. The molecule has 336 valence electrons. The Balaban J connectivity index is -0.000000285. The monoisotopic (exact) mass is 944 g/mol. The van der Waals surface area contributed by atoms with Gasteiger partial charge < -0.3 is 39.9 Å². The Morgan fingerprint density at radius 1 is 0.267 bits per heavy atom. The molecule has 28 nitrogen and oxygen atoms in total. The molecule has 8 aromatic rings. The molecule has 8 heterocycles. The summed E-state index contributed by atoms with van der Waals surface area (Å²) in [6.07, 6.45) is 40.7. The Bertz CT molecular complexity index is 1400. The molecule has 0 unspecified atom stereocenters. The van der Waals surface area contributed by atoms with E-state index in [1.54, 1.807) is 150 Å². The van der Waals surface area contributed by atoms with E-state index in [4.69, 9.17) is 57.4 Å².